The van der Waals surface area contributed by atoms with Crippen molar-refractivity contribution >= 4 is 11.8 Å². The van der Waals surface area contributed by atoms with Crippen molar-refractivity contribution in [1.82, 2.24) is 4.98 Å². The molecule has 1 aliphatic carbocycles. The number of aromatic nitrogens is 1. The first-order valence-electron chi connectivity index (χ1n) is 5.80. The molecular weight excluding hydrogens is 216 g/mol. The molecule has 2 nitrogen and oxygen atoms in total. The molecule has 2 rings (SSSR count). The van der Waals surface area contributed by atoms with Crippen LogP contribution < -0.4 is 0 Å². The van der Waals surface area contributed by atoms with Crippen molar-refractivity contribution in [3.8, 4) is 6.07 Å². The molecule has 1 aromatic rings. The maximum atomic E-state index is 9.01. The summed E-state index contributed by atoms with van der Waals surface area (Å²) >= 11 is 1.83. The monoisotopic (exact) mass is 232 g/mol. The second kappa shape index (κ2) is 5.36. The summed E-state index contributed by atoms with van der Waals surface area (Å²) in [6, 6.07) is 4.04. The molecule has 0 radical (unpaired) electrons. The molecule has 0 aromatic carbocycles. The molecule has 2 atom stereocenters. The highest BCUT2D eigenvalue weighted by atomic mass is 32.2. The van der Waals surface area contributed by atoms with Gasteiger partial charge >= 0.3 is 0 Å². The molecule has 16 heavy (non-hydrogen) atoms. The fourth-order valence-electron chi connectivity index (χ4n) is 2.23. The molecule has 0 aliphatic heterocycles. The lowest BCUT2D eigenvalue weighted by molar-refractivity contribution is 0.394. The zero-order valence-corrected chi connectivity index (χ0v) is 10.3. The van der Waals surface area contributed by atoms with E-state index in [0.717, 1.165) is 16.4 Å². The zero-order chi connectivity index (χ0) is 11.4. The zero-order valence-electron chi connectivity index (χ0n) is 9.52. The van der Waals surface area contributed by atoms with E-state index in [1.165, 1.54) is 25.7 Å². The van der Waals surface area contributed by atoms with Crippen LogP contribution in [0.2, 0.25) is 0 Å². The summed E-state index contributed by atoms with van der Waals surface area (Å²) in [6.07, 6.45) is 8.73. The van der Waals surface area contributed by atoms with Crippen molar-refractivity contribution in [3.63, 3.8) is 0 Å². The molecule has 2 unspecified atom stereocenters. The lowest BCUT2D eigenvalue weighted by Gasteiger charge is -2.26. The first-order chi connectivity index (χ1) is 7.79. The number of nitriles is 1. The predicted molar refractivity (Wildman–Crippen MR) is 66.2 cm³/mol. The molecule has 0 saturated heterocycles. The third-order valence-electron chi connectivity index (χ3n) is 3.09. The van der Waals surface area contributed by atoms with E-state index >= 15 is 0 Å². The van der Waals surface area contributed by atoms with E-state index in [-0.39, 0.29) is 0 Å². The van der Waals surface area contributed by atoms with Gasteiger partial charge in [-0.2, -0.15) is 5.26 Å². The van der Waals surface area contributed by atoms with Crippen molar-refractivity contribution in [1.29, 1.82) is 5.26 Å². The van der Waals surface area contributed by atoms with Crippen LogP contribution in [0.25, 0.3) is 0 Å². The second-order valence-corrected chi connectivity index (χ2v) is 5.84. The van der Waals surface area contributed by atoms with E-state index in [4.69, 9.17) is 5.26 Å². The van der Waals surface area contributed by atoms with Crippen LogP contribution in [0.1, 0.15) is 38.2 Å². The van der Waals surface area contributed by atoms with Crippen LogP contribution in [-0.4, -0.2) is 10.2 Å². The lowest BCUT2D eigenvalue weighted by atomic mass is 9.91. The molecule has 1 saturated carbocycles. The third kappa shape index (κ3) is 2.76. The van der Waals surface area contributed by atoms with Gasteiger partial charge in [0, 0.05) is 22.5 Å². The highest BCUT2D eigenvalue weighted by molar-refractivity contribution is 8.00. The average Bonchev–Trinajstić information content (AvgIpc) is 2.30. The summed E-state index contributed by atoms with van der Waals surface area (Å²) in [4.78, 5) is 5.15. The third-order valence-corrected chi connectivity index (χ3v) is 4.43. The molecule has 3 heteroatoms. The van der Waals surface area contributed by atoms with Gasteiger partial charge in [0.1, 0.15) is 6.07 Å². The van der Waals surface area contributed by atoms with E-state index < -0.39 is 0 Å². The van der Waals surface area contributed by atoms with Crippen molar-refractivity contribution in [2.45, 2.75) is 42.8 Å². The fraction of sp³-hybridized carbons (Fsp3) is 0.538. The number of pyridine rings is 1. The van der Waals surface area contributed by atoms with Gasteiger partial charge in [-0.25, -0.2) is 0 Å². The minimum absolute atomic E-state index is 0.667. The van der Waals surface area contributed by atoms with Gasteiger partial charge in [0.05, 0.1) is 5.56 Å². The van der Waals surface area contributed by atoms with Gasteiger partial charge in [-0.05, 0) is 24.8 Å². The van der Waals surface area contributed by atoms with Gasteiger partial charge in [0.25, 0.3) is 0 Å². The Labute approximate surface area is 101 Å². The Kier molecular flexibility index (Phi) is 3.84. The van der Waals surface area contributed by atoms with Crippen LogP contribution in [0.5, 0.6) is 0 Å². The summed E-state index contributed by atoms with van der Waals surface area (Å²) in [5.41, 5.74) is 0.762. The van der Waals surface area contributed by atoms with Gasteiger partial charge in [-0.3, -0.25) is 4.98 Å². The standard InChI is InChI=1S/C13H16N2S/c1-10-3-2-4-12(7-10)16-13-9-15-6-5-11(13)8-14/h5-6,9-10,12H,2-4,7H2,1H3. The van der Waals surface area contributed by atoms with Crippen LogP contribution in [0.15, 0.2) is 23.4 Å². The Hall–Kier alpha value is -1.01. The van der Waals surface area contributed by atoms with Crippen LogP contribution in [0.3, 0.4) is 0 Å². The molecule has 0 N–H and O–H groups in total. The predicted octanol–water partition coefficient (Wildman–Crippen LogP) is 3.62. The Morgan fingerprint density at radius 2 is 2.38 bits per heavy atom. The quantitative estimate of drug-likeness (QED) is 0.781. The summed E-state index contributed by atoms with van der Waals surface area (Å²) in [6.45, 7) is 2.32. The van der Waals surface area contributed by atoms with Gasteiger partial charge in [-0.1, -0.05) is 19.8 Å². The Morgan fingerprint density at radius 3 is 3.12 bits per heavy atom. The summed E-state index contributed by atoms with van der Waals surface area (Å²) in [5.74, 6) is 0.827. The topological polar surface area (TPSA) is 36.7 Å². The lowest BCUT2D eigenvalue weighted by Crippen LogP contribution is -2.15. The SMILES string of the molecule is CC1CCCC(Sc2cnccc2C#N)C1. The number of thioether (sulfide) groups is 1. The maximum Gasteiger partial charge on any atom is 0.100 e. The van der Waals surface area contributed by atoms with Gasteiger partial charge < -0.3 is 0 Å². The first kappa shape index (κ1) is 11.5. The molecule has 1 fully saturated rings. The van der Waals surface area contributed by atoms with E-state index in [9.17, 15) is 0 Å². The Morgan fingerprint density at radius 1 is 1.50 bits per heavy atom. The van der Waals surface area contributed by atoms with Gasteiger partial charge in [0.15, 0.2) is 0 Å². The largest absolute Gasteiger partial charge is 0.263 e. The number of nitrogens with zero attached hydrogens (tertiary/aromatic N) is 2. The van der Waals surface area contributed by atoms with Crippen LogP contribution >= 0.6 is 11.8 Å². The molecule has 1 aromatic heterocycles. The number of hydrogen-bond acceptors (Lipinski definition) is 3. The average molecular weight is 232 g/mol. The maximum absolute atomic E-state index is 9.01. The van der Waals surface area contributed by atoms with Crippen molar-refractivity contribution in [3.05, 3.63) is 24.0 Å². The minimum atomic E-state index is 0.667. The molecule has 0 bridgehead atoms. The van der Waals surface area contributed by atoms with Crippen LogP contribution in [-0.2, 0) is 0 Å². The van der Waals surface area contributed by atoms with Gasteiger partial charge in [-0.15, -0.1) is 11.8 Å². The van der Waals surface area contributed by atoms with Crippen molar-refractivity contribution in [2.24, 2.45) is 5.92 Å². The molecule has 84 valence electrons. The Balaban J connectivity index is 2.06. The highest BCUT2D eigenvalue weighted by Gasteiger charge is 2.20. The Bertz CT molecular complexity index is 397. The van der Waals surface area contributed by atoms with Crippen LogP contribution in [0.4, 0.5) is 0 Å². The van der Waals surface area contributed by atoms with E-state index in [2.05, 4.69) is 18.0 Å². The molecule has 0 amide bonds. The van der Waals surface area contributed by atoms with E-state index in [1.54, 1.807) is 12.3 Å². The summed E-state index contributed by atoms with van der Waals surface area (Å²) in [5, 5.41) is 9.68. The molecule has 1 aliphatic rings. The summed E-state index contributed by atoms with van der Waals surface area (Å²) < 4.78 is 0. The second-order valence-electron chi connectivity index (χ2n) is 4.50. The van der Waals surface area contributed by atoms with Crippen LogP contribution in [0, 0.1) is 17.2 Å². The highest BCUT2D eigenvalue weighted by Crippen LogP contribution is 2.36. The molecular formula is C13H16N2S. The first-order valence-corrected chi connectivity index (χ1v) is 6.68. The van der Waals surface area contributed by atoms with E-state index in [0.29, 0.717) is 5.25 Å². The summed E-state index contributed by atoms with van der Waals surface area (Å²) in [7, 11) is 0. The van der Waals surface area contributed by atoms with E-state index in [1.807, 2.05) is 18.0 Å². The fourth-order valence-corrected chi connectivity index (χ4v) is 3.66. The molecule has 0 spiro atoms. The number of hydrogen-bond donors (Lipinski definition) is 0. The van der Waals surface area contributed by atoms with Gasteiger partial charge in [0.2, 0.25) is 0 Å². The van der Waals surface area contributed by atoms with Crippen molar-refractivity contribution in [2.75, 3.05) is 0 Å². The number of rotatable bonds is 2. The smallest absolute Gasteiger partial charge is 0.100 e. The van der Waals surface area contributed by atoms with Crippen molar-refractivity contribution < 1.29 is 0 Å². The normalized spacial score (nSPS) is 25.0. The minimum Gasteiger partial charge on any atom is -0.263 e. The molecule has 1 heterocycles.